The fourth-order valence-electron chi connectivity index (χ4n) is 3.42. The molecule has 27 heavy (non-hydrogen) atoms. The molecule has 3 heterocycles. The number of anilines is 1. The smallest absolute Gasteiger partial charge is 0.356 e. The highest BCUT2D eigenvalue weighted by molar-refractivity contribution is 5.38. The first kappa shape index (κ1) is 17.9. The van der Waals surface area contributed by atoms with E-state index >= 15 is 0 Å². The van der Waals surface area contributed by atoms with Crippen LogP contribution < -0.4 is 10.5 Å². The second-order valence-electron chi connectivity index (χ2n) is 7.24. The van der Waals surface area contributed by atoms with E-state index in [0.29, 0.717) is 18.5 Å². The highest BCUT2D eigenvalue weighted by Gasteiger charge is 2.33. The van der Waals surface area contributed by atoms with Gasteiger partial charge in [-0.1, -0.05) is 0 Å². The summed E-state index contributed by atoms with van der Waals surface area (Å²) in [5.74, 6) is 2.57. The molecule has 0 unspecified atom stereocenters. The van der Waals surface area contributed by atoms with Gasteiger partial charge in [0.15, 0.2) is 5.69 Å². The summed E-state index contributed by atoms with van der Waals surface area (Å²) in [5.41, 5.74) is -1.81. The monoisotopic (exact) mass is 379 g/mol. The van der Waals surface area contributed by atoms with E-state index in [-0.39, 0.29) is 5.92 Å². The first-order chi connectivity index (χ1) is 12.9. The quantitative estimate of drug-likeness (QED) is 0.817. The second-order valence-corrected chi connectivity index (χ2v) is 7.24. The van der Waals surface area contributed by atoms with Gasteiger partial charge in [0.05, 0.1) is 6.33 Å². The topological polar surface area (TPSA) is 63.9 Å². The molecule has 0 aromatic carbocycles. The van der Waals surface area contributed by atoms with Gasteiger partial charge >= 0.3 is 6.18 Å². The molecule has 0 atom stereocenters. The van der Waals surface area contributed by atoms with E-state index in [9.17, 15) is 18.0 Å². The summed E-state index contributed by atoms with van der Waals surface area (Å²) < 4.78 is 39.1. The molecule has 1 aliphatic carbocycles. The van der Waals surface area contributed by atoms with E-state index in [1.54, 1.807) is 6.20 Å². The van der Waals surface area contributed by atoms with Crippen molar-refractivity contribution in [3.8, 4) is 0 Å². The van der Waals surface area contributed by atoms with Gasteiger partial charge in [0.25, 0.3) is 5.56 Å². The van der Waals surface area contributed by atoms with Crippen molar-refractivity contribution in [2.24, 2.45) is 5.92 Å². The maximum atomic E-state index is 12.6. The van der Waals surface area contributed by atoms with Crippen LogP contribution >= 0.6 is 0 Å². The molecule has 144 valence electrons. The van der Waals surface area contributed by atoms with Crippen LogP contribution in [0.25, 0.3) is 0 Å². The SMILES string of the molecule is O=c1cc(C(F)(F)F)ncn1CC1CCN(c2ccnc(C3CC3)n2)CC1. The maximum absolute atomic E-state index is 12.6. The third kappa shape index (κ3) is 4.12. The van der Waals surface area contributed by atoms with Gasteiger partial charge in [-0.3, -0.25) is 9.36 Å². The zero-order valence-electron chi connectivity index (χ0n) is 14.7. The van der Waals surface area contributed by atoms with Crippen molar-refractivity contribution in [3.05, 3.63) is 46.5 Å². The Hall–Kier alpha value is -2.45. The number of rotatable bonds is 4. The van der Waals surface area contributed by atoms with E-state index in [1.807, 2.05) is 6.07 Å². The van der Waals surface area contributed by atoms with Crippen LogP contribution in [0.1, 0.15) is 43.1 Å². The lowest BCUT2D eigenvalue weighted by Crippen LogP contribution is -2.37. The number of aromatic nitrogens is 4. The van der Waals surface area contributed by atoms with Crippen LogP contribution in [-0.2, 0) is 12.7 Å². The maximum Gasteiger partial charge on any atom is 0.433 e. The van der Waals surface area contributed by atoms with Crippen LogP contribution in [0.2, 0.25) is 0 Å². The van der Waals surface area contributed by atoms with Gasteiger partial charge in [0.1, 0.15) is 11.6 Å². The van der Waals surface area contributed by atoms with Crippen molar-refractivity contribution < 1.29 is 13.2 Å². The molecule has 0 amide bonds. The third-order valence-corrected chi connectivity index (χ3v) is 5.17. The number of halogens is 3. The average Bonchev–Trinajstić information content (AvgIpc) is 3.48. The van der Waals surface area contributed by atoms with Crippen LogP contribution in [0.4, 0.5) is 19.0 Å². The third-order valence-electron chi connectivity index (χ3n) is 5.17. The summed E-state index contributed by atoms with van der Waals surface area (Å²) in [7, 11) is 0. The molecule has 2 fully saturated rings. The fraction of sp³-hybridized carbons (Fsp3) is 0.556. The molecule has 0 N–H and O–H groups in total. The van der Waals surface area contributed by atoms with Crippen LogP contribution in [-0.4, -0.2) is 32.6 Å². The van der Waals surface area contributed by atoms with Crippen molar-refractivity contribution in [2.45, 2.75) is 44.3 Å². The highest BCUT2D eigenvalue weighted by Crippen LogP contribution is 2.38. The van der Waals surface area contributed by atoms with Crippen LogP contribution in [0.15, 0.2) is 29.5 Å². The Morgan fingerprint density at radius 3 is 2.48 bits per heavy atom. The molecule has 2 aromatic heterocycles. The molecule has 1 saturated carbocycles. The van der Waals surface area contributed by atoms with Crippen molar-refractivity contribution in [2.75, 3.05) is 18.0 Å². The normalized spacial score (nSPS) is 18.7. The molecule has 9 heteroatoms. The Balaban J connectivity index is 1.37. The van der Waals surface area contributed by atoms with Gasteiger partial charge in [-0.05, 0) is 37.7 Å². The van der Waals surface area contributed by atoms with Crippen molar-refractivity contribution >= 4 is 5.82 Å². The minimum Gasteiger partial charge on any atom is -0.356 e. The predicted molar refractivity (Wildman–Crippen MR) is 92.4 cm³/mol. The minimum atomic E-state index is -4.60. The van der Waals surface area contributed by atoms with Gasteiger partial charge in [0.2, 0.25) is 0 Å². The number of alkyl halides is 3. The van der Waals surface area contributed by atoms with Gasteiger partial charge < -0.3 is 4.90 Å². The van der Waals surface area contributed by atoms with Crippen LogP contribution in [0, 0.1) is 5.92 Å². The first-order valence-corrected chi connectivity index (χ1v) is 9.12. The van der Waals surface area contributed by atoms with Gasteiger partial charge in [0, 0.05) is 37.8 Å². The lowest BCUT2D eigenvalue weighted by atomic mass is 9.96. The number of hydrogen-bond donors (Lipinski definition) is 0. The highest BCUT2D eigenvalue weighted by atomic mass is 19.4. The number of piperidine rings is 1. The molecule has 1 aliphatic heterocycles. The zero-order chi connectivity index (χ0) is 19.0. The Labute approximate surface area is 154 Å². The van der Waals surface area contributed by atoms with Crippen molar-refractivity contribution in [1.29, 1.82) is 0 Å². The van der Waals surface area contributed by atoms with E-state index < -0.39 is 17.4 Å². The van der Waals surface area contributed by atoms with E-state index in [0.717, 1.165) is 56.7 Å². The molecular weight excluding hydrogens is 359 g/mol. The summed E-state index contributed by atoms with van der Waals surface area (Å²) in [6.07, 6.45) is 2.20. The summed E-state index contributed by atoms with van der Waals surface area (Å²) in [4.78, 5) is 26.5. The minimum absolute atomic E-state index is 0.224. The van der Waals surface area contributed by atoms with Gasteiger partial charge in [-0.15, -0.1) is 0 Å². The molecule has 0 bridgehead atoms. The summed E-state index contributed by atoms with van der Waals surface area (Å²) in [6.45, 7) is 1.98. The molecule has 2 aliphatic rings. The molecule has 6 nitrogen and oxygen atoms in total. The van der Waals surface area contributed by atoms with E-state index in [2.05, 4.69) is 19.9 Å². The van der Waals surface area contributed by atoms with Crippen LogP contribution in [0.5, 0.6) is 0 Å². The second kappa shape index (κ2) is 6.94. The van der Waals surface area contributed by atoms with E-state index in [1.165, 1.54) is 4.57 Å². The Kier molecular flexibility index (Phi) is 4.61. The Morgan fingerprint density at radius 2 is 1.85 bits per heavy atom. The molecule has 0 spiro atoms. The zero-order valence-corrected chi connectivity index (χ0v) is 14.7. The summed E-state index contributed by atoms with van der Waals surface area (Å²) in [6, 6.07) is 2.48. The fourth-order valence-corrected chi connectivity index (χ4v) is 3.42. The average molecular weight is 379 g/mol. The van der Waals surface area contributed by atoms with Crippen molar-refractivity contribution in [1.82, 2.24) is 19.5 Å². The number of hydrogen-bond acceptors (Lipinski definition) is 5. The van der Waals surface area contributed by atoms with E-state index in [4.69, 9.17) is 0 Å². The largest absolute Gasteiger partial charge is 0.433 e. The predicted octanol–water partition coefficient (Wildman–Crippen LogP) is 2.85. The lowest BCUT2D eigenvalue weighted by molar-refractivity contribution is -0.141. The molecule has 4 rings (SSSR count). The Bertz CT molecular complexity index is 870. The van der Waals surface area contributed by atoms with Crippen molar-refractivity contribution in [3.63, 3.8) is 0 Å². The molecule has 0 radical (unpaired) electrons. The molecular formula is C18H20F3N5O. The first-order valence-electron chi connectivity index (χ1n) is 9.12. The molecule has 1 saturated heterocycles. The number of nitrogens with zero attached hydrogens (tertiary/aromatic N) is 5. The van der Waals surface area contributed by atoms with Gasteiger partial charge in [-0.25, -0.2) is 15.0 Å². The lowest BCUT2D eigenvalue weighted by Gasteiger charge is -2.33. The molecule has 2 aromatic rings. The van der Waals surface area contributed by atoms with Gasteiger partial charge in [-0.2, -0.15) is 13.2 Å². The standard InChI is InChI=1S/C18H20F3N5O/c19-18(20,21)14-9-16(27)26(11-23-14)10-12-4-7-25(8-5-12)15-3-6-22-17(24-15)13-1-2-13/h3,6,9,11-13H,1-2,4-5,7-8,10H2. The Morgan fingerprint density at radius 1 is 1.11 bits per heavy atom. The summed E-state index contributed by atoms with van der Waals surface area (Å²) >= 11 is 0. The summed E-state index contributed by atoms with van der Waals surface area (Å²) in [5, 5.41) is 0. The van der Waals surface area contributed by atoms with Crippen LogP contribution in [0.3, 0.4) is 0 Å².